The first kappa shape index (κ1) is 14.0. The normalized spacial score (nSPS) is 21.2. The van der Waals surface area contributed by atoms with Gasteiger partial charge in [-0.3, -0.25) is 0 Å². The fourth-order valence-corrected chi connectivity index (χ4v) is 2.31. The third-order valence-corrected chi connectivity index (χ3v) is 3.92. The summed E-state index contributed by atoms with van der Waals surface area (Å²) in [5, 5.41) is 3.64. The third kappa shape index (κ3) is 4.86. The topological polar surface area (TPSA) is 12.0 Å². The van der Waals surface area contributed by atoms with E-state index in [1.54, 1.807) is 0 Å². The van der Waals surface area contributed by atoms with Crippen molar-refractivity contribution in [3.8, 4) is 0 Å². The molecule has 1 aliphatic rings. The maximum absolute atomic E-state index is 3.64. The lowest BCUT2D eigenvalue weighted by molar-refractivity contribution is 0.191. The van der Waals surface area contributed by atoms with Gasteiger partial charge in [-0.25, -0.2) is 0 Å². The molecule has 0 aliphatic heterocycles. The lowest BCUT2D eigenvalue weighted by Gasteiger charge is -2.34. The van der Waals surface area contributed by atoms with Gasteiger partial charge in [-0.2, -0.15) is 0 Å². The molecule has 16 heavy (non-hydrogen) atoms. The second-order valence-corrected chi connectivity index (χ2v) is 7.52. The summed E-state index contributed by atoms with van der Waals surface area (Å²) in [4.78, 5) is 0. The highest BCUT2D eigenvalue weighted by atomic mass is 14.9. The van der Waals surface area contributed by atoms with Crippen molar-refractivity contribution < 1.29 is 0 Å². The van der Waals surface area contributed by atoms with Gasteiger partial charge in [-0.15, -0.1) is 0 Å². The maximum Gasteiger partial charge on any atom is 0.00106 e. The Labute approximate surface area is 102 Å². The van der Waals surface area contributed by atoms with E-state index in [-0.39, 0.29) is 0 Å². The molecular formula is C15H31N. The van der Waals surface area contributed by atoms with Gasteiger partial charge in [0.15, 0.2) is 0 Å². The number of nitrogens with one attached hydrogen (secondary N) is 1. The Morgan fingerprint density at radius 1 is 1.06 bits per heavy atom. The van der Waals surface area contributed by atoms with Crippen LogP contribution in [0.25, 0.3) is 0 Å². The molecule has 1 rings (SSSR count). The summed E-state index contributed by atoms with van der Waals surface area (Å²) in [5.74, 6) is 0.987. The van der Waals surface area contributed by atoms with Gasteiger partial charge in [-0.05, 0) is 42.4 Å². The number of hydrogen-bond acceptors (Lipinski definition) is 1. The van der Waals surface area contributed by atoms with Gasteiger partial charge in [0.1, 0.15) is 0 Å². The molecule has 1 atom stereocenters. The minimum atomic E-state index is 0.480. The Balaban J connectivity index is 2.45. The van der Waals surface area contributed by atoms with Crippen LogP contribution in [0.2, 0.25) is 0 Å². The molecule has 0 amide bonds. The van der Waals surface area contributed by atoms with Crippen LogP contribution in [0.5, 0.6) is 0 Å². The summed E-state index contributed by atoms with van der Waals surface area (Å²) in [6.45, 7) is 15.3. The largest absolute Gasteiger partial charge is 0.314 e. The summed E-state index contributed by atoms with van der Waals surface area (Å²) in [5.41, 5.74) is 1.02. The Morgan fingerprint density at radius 3 is 2.00 bits per heavy atom. The van der Waals surface area contributed by atoms with Crippen LogP contribution in [0.4, 0.5) is 0 Å². The van der Waals surface area contributed by atoms with E-state index in [0.717, 1.165) is 5.92 Å². The smallest absolute Gasteiger partial charge is 0.00106 e. The van der Waals surface area contributed by atoms with Crippen LogP contribution in [0, 0.1) is 16.7 Å². The standard InChI is InChI=1S/C15H31N/c1-12(2)16-11-15(6,13-7-8-13)10-9-14(3,4)5/h12-13,16H,7-11H2,1-6H3. The molecule has 1 fully saturated rings. The summed E-state index contributed by atoms with van der Waals surface area (Å²) in [6.07, 6.45) is 5.64. The maximum atomic E-state index is 3.64. The number of hydrogen-bond donors (Lipinski definition) is 1. The highest BCUT2D eigenvalue weighted by Crippen LogP contribution is 2.49. The van der Waals surface area contributed by atoms with E-state index in [1.807, 2.05) is 0 Å². The molecule has 1 nitrogen and oxygen atoms in total. The fourth-order valence-electron chi connectivity index (χ4n) is 2.31. The van der Waals surface area contributed by atoms with Crippen molar-refractivity contribution in [1.82, 2.24) is 5.32 Å². The zero-order valence-corrected chi connectivity index (χ0v) is 12.2. The predicted octanol–water partition coefficient (Wildman–Crippen LogP) is 4.23. The molecule has 0 aromatic heterocycles. The van der Waals surface area contributed by atoms with Crippen molar-refractivity contribution in [2.45, 2.75) is 73.3 Å². The van der Waals surface area contributed by atoms with Gasteiger partial charge in [-0.1, -0.05) is 41.5 Å². The van der Waals surface area contributed by atoms with E-state index < -0.39 is 0 Å². The molecule has 0 heterocycles. The summed E-state index contributed by atoms with van der Waals surface area (Å²) in [7, 11) is 0. The zero-order valence-electron chi connectivity index (χ0n) is 12.2. The number of rotatable bonds is 6. The summed E-state index contributed by atoms with van der Waals surface area (Å²) < 4.78 is 0. The van der Waals surface area contributed by atoms with Crippen molar-refractivity contribution in [2.24, 2.45) is 16.7 Å². The van der Waals surface area contributed by atoms with Crippen LogP contribution in [-0.2, 0) is 0 Å². The minimum absolute atomic E-state index is 0.480. The second kappa shape index (κ2) is 5.08. The lowest BCUT2D eigenvalue weighted by Crippen LogP contribution is -2.37. The molecule has 0 aromatic rings. The Morgan fingerprint density at radius 2 is 1.62 bits per heavy atom. The molecule has 0 bridgehead atoms. The Bertz CT molecular complexity index is 210. The van der Waals surface area contributed by atoms with E-state index >= 15 is 0 Å². The quantitative estimate of drug-likeness (QED) is 0.713. The molecule has 1 aliphatic carbocycles. The van der Waals surface area contributed by atoms with Gasteiger partial charge in [0.25, 0.3) is 0 Å². The first-order chi connectivity index (χ1) is 7.23. The van der Waals surface area contributed by atoms with Crippen molar-refractivity contribution in [1.29, 1.82) is 0 Å². The molecule has 0 spiro atoms. The predicted molar refractivity (Wildman–Crippen MR) is 72.7 cm³/mol. The average Bonchev–Trinajstić information content (AvgIpc) is 2.93. The molecule has 0 radical (unpaired) electrons. The monoisotopic (exact) mass is 225 g/mol. The average molecular weight is 225 g/mol. The van der Waals surface area contributed by atoms with Crippen LogP contribution in [-0.4, -0.2) is 12.6 Å². The van der Waals surface area contributed by atoms with E-state index in [1.165, 1.54) is 32.2 Å². The highest BCUT2D eigenvalue weighted by Gasteiger charge is 2.41. The van der Waals surface area contributed by atoms with Crippen molar-refractivity contribution in [3.63, 3.8) is 0 Å². The molecule has 1 saturated carbocycles. The third-order valence-electron chi connectivity index (χ3n) is 3.92. The lowest BCUT2D eigenvalue weighted by atomic mass is 9.75. The van der Waals surface area contributed by atoms with Gasteiger partial charge in [0.05, 0.1) is 0 Å². The van der Waals surface area contributed by atoms with Crippen LogP contribution >= 0.6 is 0 Å². The van der Waals surface area contributed by atoms with Gasteiger partial charge in [0, 0.05) is 12.6 Å². The minimum Gasteiger partial charge on any atom is -0.314 e. The zero-order chi connectivity index (χ0) is 12.4. The van der Waals surface area contributed by atoms with Gasteiger partial charge in [0.2, 0.25) is 0 Å². The van der Waals surface area contributed by atoms with Crippen LogP contribution in [0.15, 0.2) is 0 Å². The fraction of sp³-hybridized carbons (Fsp3) is 1.00. The van der Waals surface area contributed by atoms with Crippen molar-refractivity contribution in [2.75, 3.05) is 6.54 Å². The Kier molecular flexibility index (Phi) is 4.45. The second-order valence-electron chi connectivity index (χ2n) is 7.52. The molecule has 1 N–H and O–H groups in total. The molecule has 1 unspecified atom stereocenters. The summed E-state index contributed by atoms with van der Waals surface area (Å²) in [6, 6.07) is 0.618. The molecule has 96 valence electrons. The highest BCUT2D eigenvalue weighted by molar-refractivity contribution is 4.93. The molecule has 0 saturated heterocycles. The molecular weight excluding hydrogens is 194 g/mol. The van der Waals surface area contributed by atoms with E-state index in [0.29, 0.717) is 16.9 Å². The first-order valence-electron chi connectivity index (χ1n) is 6.96. The molecule has 0 aromatic carbocycles. The van der Waals surface area contributed by atoms with E-state index in [4.69, 9.17) is 0 Å². The Hall–Kier alpha value is -0.0400. The van der Waals surface area contributed by atoms with Crippen molar-refractivity contribution in [3.05, 3.63) is 0 Å². The first-order valence-corrected chi connectivity index (χ1v) is 6.96. The van der Waals surface area contributed by atoms with Crippen LogP contribution in [0.3, 0.4) is 0 Å². The molecule has 1 heteroatoms. The van der Waals surface area contributed by atoms with Crippen LogP contribution < -0.4 is 5.32 Å². The van der Waals surface area contributed by atoms with Gasteiger partial charge >= 0.3 is 0 Å². The van der Waals surface area contributed by atoms with E-state index in [9.17, 15) is 0 Å². The van der Waals surface area contributed by atoms with Crippen molar-refractivity contribution >= 4 is 0 Å². The SMILES string of the molecule is CC(C)NCC(C)(CCC(C)(C)C)C1CC1. The summed E-state index contributed by atoms with van der Waals surface area (Å²) >= 11 is 0. The van der Waals surface area contributed by atoms with E-state index in [2.05, 4.69) is 46.9 Å². The van der Waals surface area contributed by atoms with Crippen LogP contribution in [0.1, 0.15) is 67.2 Å². The van der Waals surface area contributed by atoms with Gasteiger partial charge < -0.3 is 5.32 Å².